The molecule has 13 rings (SSSR count). The van der Waals surface area contributed by atoms with E-state index in [1.165, 1.54) is 111 Å². The maximum absolute atomic E-state index is 8.80. The first kappa shape index (κ1) is 36.9. The van der Waals surface area contributed by atoms with Crippen molar-refractivity contribution in [1.29, 1.82) is 0 Å². The first-order valence-corrected chi connectivity index (χ1v) is 25.5. The third-order valence-corrected chi connectivity index (χ3v) is 24.8. The fourth-order valence-corrected chi connectivity index (χ4v) is 24.7. The van der Waals surface area contributed by atoms with Crippen LogP contribution in [0.3, 0.4) is 0 Å². The molecule has 3 nitrogen and oxygen atoms in total. The van der Waals surface area contributed by atoms with Crippen LogP contribution in [0.1, 0.15) is 89.9 Å². The molecule has 0 radical (unpaired) electrons. The second-order valence-electron chi connectivity index (χ2n) is 18.8. The highest BCUT2D eigenvalue weighted by Crippen LogP contribution is 2.68. The van der Waals surface area contributed by atoms with Gasteiger partial charge in [0, 0.05) is 36.4 Å². The Labute approximate surface area is 335 Å². The van der Waals surface area contributed by atoms with E-state index in [-0.39, 0.29) is 11.1 Å². The Bertz CT molecular complexity index is 1900. The zero-order chi connectivity index (χ0) is 36.9. The maximum Gasteiger partial charge on any atom is 0.0848 e. The van der Waals surface area contributed by atoms with Gasteiger partial charge in [0.15, 0.2) is 0 Å². The van der Waals surface area contributed by atoms with Gasteiger partial charge in [-0.05, 0) is 136 Å². The van der Waals surface area contributed by atoms with Crippen molar-refractivity contribution in [1.82, 2.24) is 5.09 Å². The summed E-state index contributed by atoms with van der Waals surface area (Å²) in [6, 6.07) is 45.8. The van der Waals surface area contributed by atoms with Gasteiger partial charge in [-0.1, -0.05) is 133 Å². The minimum atomic E-state index is -2.71. The quantitative estimate of drug-likeness (QED) is 0.180. The molecule has 8 bridgehead atoms. The van der Waals surface area contributed by atoms with E-state index in [0.717, 1.165) is 53.2 Å². The van der Waals surface area contributed by atoms with E-state index in [0.29, 0.717) is 0 Å². The van der Waals surface area contributed by atoms with E-state index in [1.807, 2.05) is 0 Å². The monoisotopic (exact) mass is 788 g/mol. The lowest BCUT2D eigenvalue weighted by Crippen LogP contribution is -2.59. The number of hydrogen-bond acceptors (Lipinski definition) is 3. The van der Waals surface area contributed by atoms with Crippen LogP contribution in [0.25, 0.3) is 0 Å². The van der Waals surface area contributed by atoms with Crippen LogP contribution in [0, 0.1) is 35.5 Å². The predicted octanol–water partition coefficient (Wildman–Crippen LogP) is 11.1. The second-order valence-corrected chi connectivity index (χ2v) is 26.0. The van der Waals surface area contributed by atoms with Gasteiger partial charge < -0.3 is 4.74 Å². The van der Waals surface area contributed by atoms with Crippen molar-refractivity contribution < 1.29 is 4.74 Å². The smallest absolute Gasteiger partial charge is 0.0848 e. The zero-order valence-corrected chi connectivity index (χ0v) is 35.0. The Hall–Kier alpha value is -2.38. The van der Waals surface area contributed by atoms with E-state index in [2.05, 4.69) is 121 Å². The van der Waals surface area contributed by atoms with Gasteiger partial charge in [-0.25, -0.2) is 0 Å². The van der Waals surface area contributed by atoms with E-state index in [1.54, 1.807) is 0 Å². The van der Waals surface area contributed by atoms with Gasteiger partial charge in [-0.15, -0.1) is 0 Å². The summed E-state index contributed by atoms with van der Waals surface area (Å²) in [5.41, 5.74) is 0.0795. The van der Waals surface area contributed by atoms with Gasteiger partial charge in [0.25, 0.3) is 0 Å². The first-order valence-electron chi connectivity index (χ1n) is 21.6. The summed E-state index contributed by atoms with van der Waals surface area (Å²) >= 11 is 8.80. The lowest BCUT2D eigenvalue weighted by atomic mass is 9.53. The molecule has 4 aromatic rings. The van der Waals surface area contributed by atoms with Crippen LogP contribution in [0.4, 0.5) is 0 Å². The molecule has 9 aliphatic rings. The molecule has 288 valence electrons. The van der Waals surface area contributed by atoms with Crippen molar-refractivity contribution in [3.05, 3.63) is 121 Å². The largest absolute Gasteiger partial charge is 0.381 e. The predicted molar refractivity (Wildman–Crippen MR) is 236 cm³/mol. The summed E-state index contributed by atoms with van der Waals surface area (Å²) in [5, 5.41) is 10.1. The zero-order valence-electron chi connectivity index (χ0n) is 32.5. The molecular formula is C49H59ClN2OP2. The van der Waals surface area contributed by atoms with Crippen molar-refractivity contribution in [2.24, 2.45) is 40.3 Å². The van der Waals surface area contributed by atoms with Gasteiger partial charge in [-0.2, -0.15) is 0 Å². The number of nitrogens with one attached hydrogen (secondary N) is 1. The van der Waals surface area contributed by atoms with Crippen LogP contribution in [0.5, 0.6) is 0 Å². The topological polar surface area (TPSA) is 33.6 Å². The number of halogens is 1. The molecule has 0 aromatic heterocycles. The third-order valence-electron chi connectivity index (χ3n) is 14.7. The SMILES string of the molecule is C1CCOC1.ClC(P(=NC12CC3CC(CC(C3)C1)C2)(c1ccccc1)c1ccccc1)=P(NC12CC3CC(CC(C3)C1)C2)(c1ccccc1)c1ccccc1. The van der Waals surface area contributed by atoms with Gasteiger partial charge in [0.1, 0.15) is 0 Å². The molecular weight excluding hydrogens is 730 g/mol. The molecule has 8 aliphatic carbocycles. The fourth-order valence-electron chi connectivity index (χ4n) is 13.5. The highest BCUT2D eigenvalue weighted by Gasteiger charge is 2.55. The Kier molecular flexibility index (Phi) is 10.1. The van der Waals surface area contributed by atoms with Gasteiger partial charge in [-0.3, -0.25) is 9.83 Å². The summed E-state index contributed by atoms with van der Waals surface area (Å²) in [6.45, 7) is 2.00. The molecule has 6 heteroatoms. The molecule has 55 heavy (non-hydrogen) atoms. The van der Waals surface area contributed by atoms with Crippen LogP contribution in [-0.2, 0) is 4.74 Å². The summed E-state index contributed by atoms with van der Waals surface area (Å²) in [5.74, 6) is 4.93. The van der Waals surface area contributed by atoms with E-state index < -0.39 is 14.1 Å². The normalized spacial score (nSPS) is 32.9. The molecule has 9 fully saturated rings. The third kappa shape index (κ3) is 6.81. The molecule has 1 aliphatic heterocycles. The highest BCUT2D eigenvalue weighted by molar-refractivity contribution is 8.13. The Morgan fingerprint density at radius 2 is 0.855 bits per heavy atom. The Morgan fingerprint density at radius 1 is 0.509 bits per heavy atom. The Morgan fingerprint density at radius 3 is 1.20 bits per heavy atom. The van der Waals surface area contributed by atoms with Gasteiger partial charge >= 0.3 is 0 Å². The first-order chi connectivity index (χ1) is 27.0. The number of hydrogen-bond donors (Lipinski definition) is 1. The molecule has 0 unspecified atom stereocenters. The van der Waals surface area contributed by atoms with Crippen LogP contribution in [0.2, 0.25) is 0 Å². The molecule has 4 aromatic carbocycles. The molecule has 8 saturated carbocycles. The summed E-state index contributed by atoms with van der Waals surface area (Å²) < 4.78 is 12.6. The van der Waals surface area contributed by atoms with E-state index >= 15 is 0 Å². The van der Waals surface area contributed by atoms with Crippen molar-refractivity contribution in [3.63, 3.8) is 0 Å². The molecule has 0 amide bonds. The van der Waals surface area contributed by atoms with Crippen LogP contribution in [0.15, 0.2) is 126 Å². The standard InChI is InChI=1S/C45H51ClN2P2.C4H8O/c46-43(49(39-13-5-1-6-14-39,40-15-7-2-8-16-40)47-44-27-33-21-34(28-44)23-35(22-33)29-44)50(41-17-9-3-10-18-41,42-19-11-4-12-20-42)48-45-30-36-24-37(31-45)26-38(25-36)32-45;1-2-4-5-3-1/h1-20,33-38,47H,21-32H2;1-4H2. The molecule has 1 saturated heterocycles. The minimum Gasteiger partial charge on any atom is -0.381 e. The maximum atomic E-state index is 8.80. The lowest BCUT2D eigenvalue weighted by molar-refractivity contribution is -0.00752. The molecule has 1 heterocycles. The molecule has 0 spiro atoms. The Balaban J connectivity index is 0.000000692. The average Bonchev–Trinajstić information content (AvgIpc) is 3.80. The van der Waals surface area contributed by atoms with Gasteiger partial charge in [0.05, 0.1) is 17.1 Å². The lowest BCUT2D eigenvalue weighted by Gasteiger charge is -2.59. The number of benzene rings is 4. The fraction of sp³-hybridized carbons (Fsp3) is 0.490. The highest BCUT2D eigenvalue weighted by atomic mass is 35.5. The summed E-state index contributed by atoms with van der Waals surface area (Å²) in [7, 11) is -5.32. The second kappa shape index (κ2) is 15.1. The van der Waals surface area contributed by atoms with Gasteiger partial charge in [0.2, 0.25) is 0 Å². The van der Waals surface area contributed by atoms with Crippen LogP contribution >= 0.6 is 25.7 Å². The average molecular weight is 789 g/mol. The van der Waals surface area contributed by atoms with Crippen molar-refractivity contribution in [2.45, 2.75) is 101 Å². The number of rotatable bonds is 8. The van der Waals surface area contributed by atoms with Crippen molar-refractivity contribution in [3.8, 4) is 0 Å². The van der Waals surface area contributed by atoms with Crippen molar-refractivity contribution >= 4 is 51.4 Å². The number of nitrogens with zero attached hydrogens (tertiary/aromatic N) is 1. The van der Waals surface area contributed by atoms with Crippen LogP contribution < -0.4 is 26.3 Å². The van der Waals surface area contributed by atoms with Crippen LogP contribution in [-0.4, -0.2) is 28.8 Å². The van der Waals surface area contributed by atoms with E-state index in [4.69, 9.17) is 26.2 Å². The van der Waals surface area contributed by atoms with E-state index in [9.17, 15) is 0 Å². The summed E-state index contributed by atoms with van der Waals surface area (Å²) in [6.07, 6.45) is 18.6. The van der Waals surface area contributed by atoms with Crippen molar-refractivity contribution in [2.75, 3.05) is 13.2 Å². The summed E-state index contributed by atoms with van der Waals surface area (Å²) in [4.78, 5) is 0. The molecule has 0 atom stereocenters. The minimum absolute atomic E-state index is 0.0158. The molecule has 1 N–H and O–H groups in total. The number of ether oxygens (including phenoxy) is 1.